The summed E-state index contributed by atoms with van der Waals surface area (Å²) in [4.78, 5) is 19.0. The molecule has 2 aromatic carbocycles. The summed E-state index contributed by atoms with van der Waals surface area (Å²) in [5, 5.41) is 10.6. The zero-order valence-electron chi connectivity index (χ0n) is 10.0. The van der Waals surface area contributed by atoms with Crippen LogP contribution < -0.4 is 5.56 Å². The van der Waals surface area contributed by atoms with Crippen LogP contribution in [0.4, 0.5) is 0 Å². The second kappa shape index (κ2) is 4.81. The van der Waals surface area contributed by atoms with Gasteiger partial charge >= 0.3 is 0 Å². The molecule has 1 aromatic heterocycles. The Bertz CT molecular complexity index is 875. The largest absolute Gasteiger partial charge is 0.506 e. The minimum absolute atomic E-state index is 0.123. The van der Waals surface area contributed by atoms with Crippen molar-refractivity contribution >= 4 is 34.1 Å². The number of phenolic OH excluding ortho intramolecular Hbond substituents is 1. The number of hydrogen-bond acceptors (Lipinski definition) is 3. The highest BCUT2D eigenvalue weighted by atomic mass is 35.5. The van der Waals surface area contributed by atoms with Crippen molar-refractivity contribution in [2.24, 2.45) is 0 Å². The lowest BCUT2D eigenvalue weighted by Crippen LogP contribution is -2.09. The Morgan fingerprint density at radius 1 is 1.10 bits per heavy atom. The molecule has 20 heavy (non-hydrogen) atoms. The molecular weight excluding hydrogens is 299 g/mol. The van der Waals surface area contributed by atoms with Crippen LogP contribution >= 0.6 is 23.2 Å². The molecular formula is C14H8Cl2N2O2. The number of benzene rings is 2. The lowest BCUT2D eigenvalue weighted by molar-refractivity contribution is 0.476. The maximum absolute atomic E-state index is 12.0. The highest BCUT2D eigenvalue weighted by molar-refractivity contribution is 6.37. The van der Waals surface area contributed by atoms with E-state index in [1.807, 2.05) is 0 Å². The van der Waals surface area contributed by atoms with Crippen LogP contribution in [0.1, 0.15) is 0 Å². The summed E-state index contributed by atoms with van der Waals surface area (Å²) in [5.41, 5.74) is 0.698. The fourth-order valence-corrected chi connectivity index (χ4v) is 2.41. The number of aromatic nitrogens is 2. The van der Waals surface area contributed by atoms with Gasteiger partial charge in [-0.25, -0.2) is 4.98 Å². The van der Waals surface area contributed by atoms with Gasteiger partial charge in [-0.1, -0.05) is 35.3 Å². The molecule has 0 bridgehead atoms. The van der Waals surface area contributed by atoms with E-state index in [0.717, 1.165) is 0 Å². The van der Waals surface area contributed by atoms with Gasteiger partial charge in [0.2, 0.25) is 0 Å². The van der Waals surface area contributed by atoms with Gasteiger partial charge < -0.3 is 10.1 Å². The lowest BCUT2D eigenvalue weighted by Gasteiger charge is -2.07. The van der Waals surface area contributed by atoms with Gasteiger partial charge in [0.15, 0.2) is 0 Å². The van der Waals surface area contributed by atoms with Crippen molar-refractivity contribution in [3.8, 4) is 17.1 Å². The highest BCUT2D eigenvalue weighted by Crippen LogP contribution is 2.34. The van der Waals surface area contributed by atoms with Crippen molar-refractivity contribution in [2.45, 2.75) is 0 Å². The fraction of sp³-hybridized carbons (Fsp3) is 0. The molecule has 0 aliphatic carbocycles. The van der Waals surface area contributed by atoms with E-state index in [4.69, 9.17) is 23.2 Å². The molecule has 3 rings (SSSR count). The maximum Gasteiger partial charge on any atom is 0.259 e. The summed E-state index contributed by atoms with van der Waals surface area (Å²) in [6.45, 7) is 0. The van der Waals surface area contributed by atoms with E-state index >= 15 is 0 Å². The summed E-state index contributed by atoms with van der Waals surface area (Å²) in [5.74, 6) is 0.160. The van der Waals surface area contributed by atoms with Crippen molar-refractivity contribution in [3.05, 3.63) is 56.8 Å². The second-order valence-electron chi connectivity index (χ2n) is 4.22. The van der Waals surface area contributed by atoms with E-state index in [1.54, 1.807) is 24.3 Å². The Morgan fingerprint density at radius 2 is 1.85 bits per heavy atom. The number of H-pyrrole nitrogens is 1. The number of aromatic amines is 1. The minimum Gasteiger partial charge on any atom is -0.506 e. The van der Waals surface area contributed by atoms with Gasteiger partial charge in [0.05, 0.1) is 20.9 Å². The molecule has 0 amide bonds. The summed E-state index contributed by atoms with van der Waals surface area (Å²) in [6, 6.07) is 9.75. The van der Waals surface area contributed by atoms with Crippen molar-refractivity contribution in [1.82, 2.24) is 9.97 Å². The van der Waals surface area contributed by atoms with Crippen molar-refractivity contribution in [1.29, 1.82) is 0 Å². The van der Waals surface area contributed by atoms with E-state index in [2.05, 4.69) is 9.97 Å². The average molecular weight is 307 g/mol. The quantitative estimate of drug-likeness (QED) is 0.722. The van der Waals surface area contributed by atoms with Crippen LogP contribution in [0.25, 0.3) is 22.3 Å². The molecule has 0 radical (unpaired) electrons. The molecule has 0 unspecified atom stereocenters. The summed E-state index contributed by atoms with van der Waals surface area (Å²) < 4.78 is 0. The molecule has 0 fully saturated rings. The molecule has 3 aromatic rings. The third-order valence-electron chi connectivity index (χ3n) is 2.90. The number of nitrogens with zero attached hydrogens (tertiary/aromatic N) is 1. The van der Waals surface area contributed by atoms with Crippen molar-refractivity contribution < 1.29 is 5.11 Å². The Kier molecular flexibility index (Phi) is 3.12. The third kappa shape index (κ3) is 2.13. The number of para-hydroxylation sites is 1. The predicted octanol–water partition coefficient (Wildman–Crippen LogP) is 3.60. The maximum atomic E-state index is 12.0. The van der Waals surface area contributed by atoms with Crippen molar-refractivity contribution in [2.75, 3.05) is 0 Å². The zero-order chi connectivity index (χ0) is 14.3. The molecule has 0 saturated carbocycles. The molecule has 6 heteroatoms. The van der Waals surface area contributed by atoms with Gasteiger partial charge in [0.25, 0.3) is 5.56 Å². The molecule has 0 aliphatic heterocycles. The van der Waals surface area contributed by atoms with Gasteiger partial charge in [0.1, 0.15) is 11.6 Å². The summed E-state index contributed by atoms with van der Waals surface area (Å²) in [7, 11) is 0. The number of fused-ring (bicyclic) bond motifs is 1. The number of nitrogens with one attached hydrogen (secondary N) is 1. The number of halogens is 2. The molecule has 0 saturated heterocycles. The van der Waals surface area contributed by atoms with Gasteiger partial charge in [0, 0.05) is 5.56 Å². The zero-order valence-corrected chi connectivity index (χ0v) is 11.5. The Morgan fingerprint density at radius 3 is 2.65 bits per heavy atom. The number of phenols is 1. The average Bonchev–Trinajstić information content (AvgIpc) is 2.43. The molecule has 2 N–H and O–H groups in total. The molecule has 100 valence electrons. The first-order valence-electron chi connectivity index (χ1n) is 5.73. The molecule has 1 heterocycles. The molecule has 0 aliphatic rings. The van der Waals surface area contributed by atoms with Crippen LogP contribution in [0.15, 0.2) is 41.2 Å². The van der Waals surface area contributed by atoms with E-state index < -0.39 is 0 Å². The van der Waals surface area contributed by atoms with Gasteiger partial charge in [-0.2, -0.15) is 0 Å². The smallest absolute Gasteiger partial charge is 0.259 e. The van der Waals surface area contributed by atoms with Gasteiger partial charge in [-0.15, -0.1) is 0 Å². The highest BCUT2D eigenvalue weighted by Gasteiger charge is 2.12. The van der Waals surface area contributed by atoms with Crippen LogP contribution in [0.5, 0.6) is 5.75 Å². The van der Waals surface area contributed by atoms with Gasteiger partial charge in [-0.3, -0.25) is 4.79 Å². The Labute approximate surface area is 123 Å². The number of aromatic hydroxyl groups is 1. The van der Waals surface area contributed by atoms with Crippen LogP contribution in [-0.4, -0.2) is 15.1 Å². The number of rotatable bonds is 1. The standard InChI is InChI=1S/C14H8Cl2N2O2/c15-9-6-10(16)12(19)5-8(9)13-17-11-4-2-1-3-7(11)14(20)18-13/h1-6,19H,(H,17,18,20). The van der Waals surface area contributed by atoms with E-state index in [1.165, 1.54) is 12.1 Å². The van der Waals surface area contributed by atoms with Crippen LogP contribution in [0, 0.1) is 0 Å². The first-order valence-corrected chi connectivity index (χ1v) is 6.49. The Hall–Kier alpha value is -2.04. The molecule has 0 spiro atoms. The topological polar surface area (TPSA) is 66.0 Å². The van der Waals surface area contributed by atoms with E-state index in [-0.39, 0.29) is 22.2 Å². The minimum atomic E-state index is -0.267. The second-order valence-corrected chi connectivity index (χ2v) is 5.03. The molecule has 4 nitrogen and oxygen atoms in total. The van der Waals surface area contributed by atoms with E-state index in [9.17, 15) is 9.90 Å². The first kappa shape index (κ1) is 13.0. The fourth-order valence-electron chi connectivity index (χ4n) is 1.93. The van der Waals surface area contributed by atoms with Crippen molar-refractivity contribution in [3.63, 3.8) is 0 Å². The third-order valence-corrected chi connectivity index (χ3v) is 3.52. The predicted molar refractivity (Wildman–Crippen MR) is 79.5 cm³/mol. The van der Waals surface area contributed by atoms with Crippen LogP contribution in [-0.2, 0) is 0 Å². The normalized spacial score (nSPS) is 10.9. The summed E-state index contributed by atoms with van der Waals surface area (Å²) in [6.07, 6.45) is 0. The van der Waals surface area contributed by atoms with E-state index in [0.29, 0.717) is 21.5 Å². The monoisotopic (exact) mass is 306 g/mol. The SMILES string of the molecule is O=c1[nH]c(-c2cc(O)c(Cl)cc2Cl)nc2ccccc12. The lowest BCUT2D eigenvalue weighted by atomic mass is 10.2. The Balaban J connectivity index is 2.30. The molecule has 0 atom stereocenters. The van der Waals surface area contributed by atoms with Crippen LogP contribution in [0.3, 0.4) is 0 Å². The van der Waals surface area contributed by atoms with Crippen LogP contribution in [0.2, 0.25) is 10.0 Å². The van der Waals surface area contributed by atoms with Gasteiger partial charge in [-0.05, 0) is 24.3 Å². The number of hydrogen-bond donors (Lipinski definition) is 2. The summed E-state index contributed by atoms with van der Waals surface area (Å²) >= 11 is 11.9. The first-order chi connectivity index (χ1) is 9.56.